The van der Waals surface area contributed by atoms with E-state index in [1.54, 1.807) is 13.8 Å². The van der Waals surface area contributed by atoms with E-state index >= 15 is 0 Å². The molecule has 0 aromatic carbocycles. The number of aryl methyl sites for hydroxylation is 1. The number of amides is 1. The number of nitrogen functional groups attached to an aromatic ring is 2. The maximum atomic E-state index is 14.3. The number of aromatic nitrogens is 10. The van der Waals surface area contributed by atoms with Crippen LogP contribution in [0, 0.1) is 11.8 Å². The molecule has 5 aromatic heterocycles. The molecule has 77 heavy (non-hydrogen) atoms. The minimum Gasteiger partial charge on any atom is -0.387 e. The number of imidazole rings is 2. The van der Waals surface area contributed by atoms with Crippen molar-refractivity contribution in [1.82, 2.24) is 48.9 Å². The molecule has 4 unspecified atom stereocenters. The third-order valence-electron chi connectivity index (χ3n) is 12.3. The van der Waals surface area contributed by atoms with E-state index < -0.39 is 153 Å². The van der Waals surface area contributed by atoms with E-state index in [4.69, 9.17) is 44.0 Å². The number of anilines is 2. The molecule has 0 spiro atoms. The first-order valence-electron chi connectivity index (χ1n) is 22.5. The number of aliphatic hydroxyl groups is 3. The van der Waals surface area contributed by atoms with Crippen LogP contribution in [0.5, 0.6) is 0 Å². The number of phosphoric acid groups is 3. The van der Waals surface area contributed by atoms with E-state index in [1.807, 2.05) is 4.98 Å². The van der Waals surface area contributed by atoms with Gasteiger partial charge in [0.25, 0.3) is 17.1 Å². The van der Waals surface area contributed by atoms with Crippen LogP contribution in [0.1, 0.15) is 32.5 Å². The van der Waals surface area contributed by atoms with E-state index in [-0.39, 0.29) is 40.6 Å². The van der Waals surface area contributed by atoms with Crippen LogP contribution in [0.15, 0.2) is 45.6 Å². The molecule has 3 aliphatic rings. The number of carbonyl (C=O) groups excluding carboxylic acids is 1. The Hall–Kier alpha value is -5.07. The zero-order valence-electron chi connectivity index (χ0n) is 40.3. The highest BCUT2D eigenvalue weighted by atomic mass is 31.3. The minimum absolute atomic E-state index is 0.00206. The molecule has 0 aliphatic carbocycles. The highest BCUT2D eigenvalue weighted by Gasteiger charge is 2.58. The van der Waals surface area contributed by atoms with Crippen molar-refractivity contribution < 1.29 is 104 Å². The third kappa shape index (κ3) is 12.2. The van der Waals surface area contributed by atoms with Crippen LogP contribution in [-0.4, -0.2) is 166 Å². The van der Waals surface area contributed by atoms with Gasteiger partial charge in [0, 0.05) is 37.8 Å². The summed E-state index contributed by atoms with van der Waals surface area (Å²) in [6, 6.07) is 0.923. The fraction of sp³-hybridized carbons (Fsp3) is 0.583. The molecule has 3 saturated heterocycles. The van der Waals surface area contributed by atoms with E-state index in [9.17, 15) is 72.3 Å². The lowest BCUT2D eigenvalue weighted by molar-refractivity contribution is -0.745. The number of H-pyrrole nitrogens is 2. The molecule has 1 amide bonds. The molecule has 3 aliphatic heterocycles. The Morgan fingerprint density at radius 1 is 0.844 bits per heavy atom. The number of fused-ring (bicyclic) bond motifs is 2. The Morgan fingerprint density at radius 3 is 2.14 bits per heavy atom. The fourth-order valence-electron chi connectivity index (χ4n) is 8.75. The van der Waals surface area contributed by atoms with Crippen LogP contribution in [0.2, 0.25) is 0 Å². The molecule has 14 N–H and O–H groups in total. The summed E-state index contributed by atoms with van der Waals surface area (Å²) in [6.45, 7) is -0.545. The summed E-state index contributed by atoms with van der Waals surface area (Å²) in [5.41, 5.74) is 7.17. The standard InChI is InChI=1S/C36H51N13O24P4/c1-14(2)30(54)39-7-15-16(69-32(22(15)51)49-13-46(3)21-29(49)44-35(38)45-31(21)55)8-67-75(59,60)72-77(63,64)73-76(61,62)68-10-18-26(25(65-4)34(71-18)48-12-42-20-27(37)40-11-41-28(20)48)74(57,58)66-9-17-23(52)24(53)33(70-17)47-6-5-19(50)43-36(47)56/h5-6,11-18,22-26,32-34,51-53H,7-10H2,1-4H3,(H10-,37,38,39,40,41,43,44,45,50,54,55,56,57,58,59,60,61,62,63,64)/p+1/t15-,16-,17-,18-,22-,23-,24-,25-,26-,32-,33-,34-/m1/s1. The molecule has 8 heterocycles. The van der Waals surface area contributed by atoms with Crippen LogP contribution in [-0.2, 0) is 71.2 Å². The van der Waals surface area contributed by atoms with E-state index in [0.717, 1.165) is 36.6 Å². The van der Waals surface area contributed by atoms with Crippen molar-refractivity contribution in [2.24, 2.45) is 18.9 Å². The van der Waals surface area contributed by atoms with Gasteiger partial charge in [0.1, 0.15) is 54.1 Å². The van der Waals surface area contributed by atoms with Crippen molar-refractivity contribution in [1.29, 1.82) is 0 Å². The smallest absolute Gasteiger partial charge is 0.387 e. The van der Waals surface area contributed by atoms with Crippen molar-refractivity contribution in [3.63, 3.8) is 0 Å². The van der Waals surface area contributed by atoms with Crippen LogP contribution in [0.25, 0.3) is 22.3 Å². The Labute approximate surface area is 430 Å². The monoisotopic (exact) mass is 1170 g/mol. The average Bonchev–Trinajstić information content (AvgIpc) is 4.16. The lowest BCUT2D eigenvalue weighted by Gasteiger charge is -2.28. The minimum atomic E-state index is -6.25. The highest BCUT2D eigenvalue weighted by Crippen LogP contribution is 2.68. The van der Waals surface area contributed by atoms with Gasteiger partial charge in [0.2, 0.25) is 17.7 Å². The normalized spacial score (nSPS) is 29.9. The van der Waals surface area contributed by atoms with Crippen LogP contribution < -0.4 is 38.2 Å². The topological polar surface area (TPSA) is 527 Å². The molecule has 8 rings (SSSR count). The summed E-state index contributed by atoms with van der Waals surface area (Å²) < 4.78 is 105. The number of phosphoric ester groups is 2. The van der Waals surface area contributed by atoms with Gasteiger partial charge in [-0.2, -0.15) is 8.62 Å². The molecule has 0 saturated carbocycles. The molecular weight excluding hydrogens is 1120 g/mol. The van der Waals surface area contributed by atoms with Gasteiger partial charge < -0.3 is 75.1 Å². The quantitative estimate of drug-likeness (QED) is 0.0248. The summed E-state index contributed by atoms with van der Waals surface area (Å²) in [7, 11) is -20.9. The number of carbonyl (C=O) groups is 1. The third-order valence-corrected chi connectivity index (χ3v) is 18.5. The molecule has 0 radical (unpaired) electrons. The number of rotatable bonds is 21. The number of nitrogens with two attached hydrogens (primary N) is 2. The predicted molar refractivity (Wildman–Crippen MR) is 252 cm³/mol. The summed E-state index contributed by atoms with van der Waals surface area (Å²) in [6.07, 6.45) is -12.1. The number of nitrogens with one attached hydrogen (secondary N) is 3. The Balaban J connectivity index is 0.967. The first kappa shape index (κ1) is 58.1. The molecule has 16 atom stereocenters. The lowest BCUT2D eigenvalue weighted by Crippen LogP contribution is -2.46. The van der Waals surface area contributed by atoms with E-state index in [1.165, 1.54) is 27.1 Å². The zero-order valence-corrected chi connectivity index (χ0v) is 43.9. The van der Waals surface area contributed by atoms with Crippen molar-refractivity contribution >= 4 is 71.1 Å². The number of methoxy groups -OCH3 is 1. The van der Waals surface area contributed by atoms with Crippen LogP contribution in [0.3, 0.4) is 0 Å². The van der Waals surface area contributed by atoms with Gasteiger partial charge in [0.15, 0.2) is 30.2 Å². The maximum Gasteiger partial charge on any atom is 0.490 e. The average molecular weight is 1170 g/mol. The second kappa shape index (κ2) is 22.2. The fourth-order valence-corrected chi connectivity index (χ4v) is 14.0. The first-order chi connectivity index (χ1) is 36.0. The molecule has 424 valence electrons. The Morgan fingerprint density at radius 2 is 1.49 bits per heavy atom. The van der Waals surface area contributed by atoms with Gasteiger partial charge in [-0.25, -0.2) is 38.0 Å². The molecule has 5 aromatic rings. The van der Waals surface area contributed by atoms with Gasteiger partial charge in [-0.1, -0.05) is 18.8 Å². The largest absolute Gasteiger partial charge is 0.490 e. The SMILES string of the molecule is CO[C@@H]1[C@H](P(=O)(O)OC[C@H]2O[C@@H](n3ccc(=O)[nH]c3=O)[C@H](O)[C@@H]2O)[C@@H](COP(=O)(O)OP(=O)(O)OP(=O)(O)OC[C@H]2O[C@@H]([n+]3cn(C)c4c(=O)[nH]c(N)nc43)[C@H](O)[C@@H]2CNC(=O)C(C)C)O[C@H]1n1cnc2c(N)ncnc21. The van der Waals surface area contributed by atoms with E-state index in [0.29, 0.717) is 0 Å². The first-order valence-corrected chi connectivity index (χ1v) is 28.6. The van der Waals surface area contributed by atoms with Gasteiger partial charge in [0.05, 0.1) is 39.3 Å². The number of ether oxygens (including phenoxy) is 4. The van der Waals surface area contributed by atoms with Crippen molar-refractivity contribution in [2.75, 3.05) is 44.9 Å². The van der Waals surface area contributed by atoms with Crippen LogP contribution in [0.4, 0.5) is 11.8 Å². The van der Waals surface area contributed by atoms with E-state index in [2.05, 4.69) is 38.9 Å². The zero-order chi connectivity index (χ0) is 56.3. The summed E-state index contributed by atoms with van der Waals surface area (Å²) >= 11 is 0. The van der Waals surface area contributed by atoms with Gasteiger partial charge >= 0.3 is 42.4 Å². The number of aromatic amines is 2. The lowest BCUT2D eigenvalue weighted by atomic mass is 9.98. The second-order valence-electron chi connectivity index (χ2n) is 17.8. The number of hydrogen-bond acceptors (Lipinski definition) is 26. The predicted octanol–water partition coefficient (Wildman–Crippen LogP) is -3.78. The summed E-state index contributed by atoms with van der Waals surface area (Å²) in [4.78, 5) is 113. The number of aliphatic hydroxyl groups excluding tert-OH is 3. The second-order valence-corrected chi connectivity index (χ2v) is 24.4. The highest BCUT2D eigenvalue weighted by molar-refractivity contribution is 7.66. The van der Waals surface area contributed by atoms with Crippen LogP contribution >= 0.6 is 31.1 Å². The molecular formula is C36H52N13O24P4+. The number of hydrogen-bond donors (Lipinski definition) is 12. The van der Waals surface area contributed by atoms with Crippen molar-refractivity contribution in [3.05, 3.63) is 62.4 Å². The van der Waals surface area contributed by atoms with Gasteiger partial charge in [-0.05, 0) is 0 Å². The number of nitrogens with zero attached hydrogens (tertiary/aromatic N) is 8. The van der Waals surface area contributed by atoms with Crippen molar-refractivity contribution in [2.45, 2.75) is 80.9 Å². The maximum absolute atomic E-state index is 14.3. The van der Waals surface area contributed by atoms with Crippen molar-refractivity contribution in [3.8, 4) is 0 Å². The molecule has 3 fully saturated rings. The summed E-state index contributed by atoms with van der Waals surface area (Å²) in [5.74, 6) is -2.58. The van der Waals surface area contributed by atoms with Gasteiger partial charge in [-0.15, -0.1) is 0 Å². The Kier molecular flexibility index (Phi) is 16.8. The summed E-state index contributed by atoms with van der Waals surface area (Å²) in [5, 5.41) is 35.6. The van der Waals surface area contributed by atoms with Gasteiger partial charge in [-0.3, -0.25) is 51.7 Å². The molecule has 0 bridgehead atoms. The molecule has 41 heteroatoms. The Bertz CT molecular complexity index is 3410. The molecule has 37 nitrogen and oxygen atoms in total.